The molecule has 0 aromatic carbocycles. The van der Waals surface area contributed by atoms with Crippen molar-refractivity contribution in [2.24, 2.45) is 11.7 Å². The van der Waals surface area contributed by atoms with Gasteiger partial charge in [-0.05, 0) is 39.7 Å². The molecule has 0 aliphatic carbocycles. The number of hydrogen-bond acceptors (Lipinski definition) is 4. The van der Waals surface area contributed by atoms with Crippen LogP contribution >= 0.6 is 0 Å². The lowest BCUT2D eigenvalue weighted by Crippen LogP contribution is -2.31. The lowest BCUT2D eigenvalue weighted by molar-refractivity contribution is -0.156. The summed E-state index contributed by atoms with van der Waals surface area (Å²) in [6, 6.07) is 0. The lowest BCUT2D eigenvalue weighted by Gasteiger charge is -2.20. The van der Waals surface area contributed by atoms with E-state index in [0.717, 1.165) is 19.5 Å². The maximum absolute atomic E-state index is 11.9. The Kier molecular flexibility index (Phi) is 5.14. The number of ether oxygens (including phenoxy) is 1. The van der Waals surface area contributed by atoms with Gasteiger partial charge in [-0.15, -0.1) is 0 Å². The van der Waals surface area contributed by atoms with Gasteiger partial charge in [0.05, 0.1) is 6.42 Å². The minimum absolute atomic E-state index is 0.0248. The molecule has 1 saturated heterocycles. The fourth-order valence-corrected chi connectivity index (χ4v) is 2.01. The Labute approximate surface area is 109 Å². The normalized spacial score (nSPS) is 20.0. The van der Waals surface area contributed by atoms with Crippen LogP contribution in [0.4, 0.5) is 0 Å². The van der Waals surface area contributed by atoms with E-state index in [1.54, 1.807) is 4.90 Å². The van der Waals surface area contributed by atoms with Crippen molar-refractivity contribution in [1.82, 2.24) is 4.90 Å². The van der Waals surface area contributed by atoms with Crippen molar-refractivity contribution >= 4 is 11.9 Å². The molecule has 1 rings (SSSR count). The molecule has 2 N–H and O–H groups in total. The summed E-state index contributed by atoms with van der Waals surface area (Å²) in [5.41, 5.74) is 5.09. The topological polar surface area (TPSA) is 72.6 Å². The van der Waals surface area contributed by atoms with Crippen LogP contribution in [0.15, 0.2) is 0 Å². The SMILES string of the molecule is CC(C)(C)OC(=O)CCC(=O)N1CCC(CN)C1. The lowest BCUT2D eigenvalue weighted by atomic mass is 10.1. The number of nitrogens with two attached hydrogens (primary N) is 1. The Balaban J connectivity index is 2.27. The van der Waals surface area contributed by atoms with Crippen molar-refractivity contribution in [3.63, 3.8) is 0 Å². The highest BCUT2D eigenvalue weighted by atomic mass is 16.6. The van der Waals surface area contributed by atoms with Gasteiger partial charge < -0.3 is 15.4 Å². The van der Waals surface area contributed by atoms with Crippen LogP contribution in [0.25, 0.3) is 0 Å². The predicted octanol–water partition coefficient (Wildman–Crippen LogP) is 0.915. The average molecular weight is 256 g/mol. The summed E-state index contributed by atoms with van der Waals surface area (Å²) in [6.07, 6.45) is 1.35. The van der Waals surface area contributed by atoms with E-state index in [-0.39, 0.29) is 24.7 Å². The van der Waals surface area contributed by atoms with Crippen LogP contribution < -0.4 is 5.73 Å². The summed E-state index contributed by atoms with van der Waals surface area (Å²) in [6.45, 7) is 7.56. The molecule has 0 saturated carbocycles. The molecule has 1 atom stereocenters. The number of likely N-dealkylation sites (tertiary alicyclic amines) is 1. The van der Waals surface area contributed by atoms with Gasteiger partial charge in [-0.2, -0.15) is 0 Å². The second-order valence-electron chi connectivity index (χ2n) is 5.82. The Morgan fingerprint density at radius 2 is 2.00 bits per heavy atom. The van der Waals surface area contributed by atoms with Gasteiger partial charge >= 0.3 is 5.97 Å². The van der Waals surface area contributed by atoms with E-state index in [4.69, 9.17) is 10.5 Å². The van der Waals surface area contributed by atoms with Crippen molar-refractivity contribution < 1.29 is 14.3 Å². The highest BCUT2D eigenvalue weighted by Crippen LogP contribution is 2.16. The number of esters is 1. The molecule has 1 fully saturated rings. The fraction of sp³-hybridized carbons (Fsp3) is 0.846. The highest BCUT2D eigenvalue weighted by molar-refractivity contribution is 5.81. The summed E-state index contributed by atoms with van der Waals surface area (Å²) < 4.78 is 5.16. The molecule has 18 heavy (non-hydrogen) atoms. The molecule has 5 nitrogen and oxygen atoms in total. The summed E-state index contributed by atoms with van der Waals surface area (Å²) in [4.78, 5) is 25.1. The van der Waals surface area contributed by atoms with Gasteiger partial charge in [-0.3, -0.25) is 9.59 Å². The first-order valence-corrected chi connectivity index (χ1v) is 6.51. The van der Waals surface area contributed by atoms with Crippen LogP contribution in [-0.2, 0) is 14.3 Å². The van der Waals surface area contributed by atoms with Crippen LogP contribution in [0.1, 0.15) is 40.0 Å². The first-order chi connectivity index (χ1) is 8.31. The highest BCUT2D eigenvalue weighted by Gasteiger charge is 2.25. The molecule has 0 radical (unpaired) electrons. The van der Waals surface area contributed by atoms with Gasteiger partial charge in [0.25, 0.3) is 0 Å². The van der Waals surface area contributed by atoms with Crippen LogP contribution in [-0.4, -0.2) is 42.0 Å². The molecular weight excluding hydrogens is 232 g/mol. The summed E-state index contributed by atoms with van der Waals surface area (Å²) in [7, 11) is 0. The maximum Gasteiger partial charge on any atom is 0.306 e. The Bertz CT molecular complexity index is 310. The Morgan fingerprint density at radius 1 is 1.33 bits per heavy atom. The smallest absolute Gasteiger partial charge is 0.306 e. The third-order valence-corrected chi connectivity index (χ3v) is 2.93. The second-order valence-corrected chi connectivity index (χ2v) is 5.82. The van der Waals surface area contributed by atoms with E-state index in [2.05, 4.69) is 0 Å². The molecule has 0 aromatic heterocycles. The molecule has 0 spiro atoms. The molecule has 104 valence electrons. The van der Waals surface area contributed by atoms with Crippen LogP contribution in [0.2, 0.25) is 0 Å². The van der Waals surface area contributed by atoms with Gasteiger partial charge in [0.2, 0.25) is 5.91 Å². The largest absolute Gasteiger partial charge is 0.460 e. The van der Waals surface area contributed by atoms with Gasteiger partial charge in [0.1, 0.15) is 5.60 Å². The van der Waals surface area contributed by atoms with Crippen LogP contribution in [0, 0.1) is 5.92 Å². The standard InChI is InChI=1S/C13H24N2O3/c1-13(2,3)18-12(17)5-4-11(16)15-7-6-10(8-14)9-15/h10H,4-9,14H2,1-3H3. The Morgan fingerprint density at radius 3 is 2.50 bits per heavy atom. The van der Waals surface area contributed by atoms with Crippen LogP contribution in [0.3, 0.4) is 0 Å². The molecule has 1 heterocycles. The van der Waals surface area contributed by atoms with Crippen molar-refractivity contribution in [2.45, 2.75) is 45.6 Å². The molecule has 1 aliphatic rings. The third kappa shape index (κ3) is 5.04. The number of carbonyl (C=O) groups is 2. The molecule has 1 aliphatic heterocycles. The number of amides is 1. The average Bonchev–Trinajstić information content (AvgIpc) is 2.72. The number of hydrogen-bond donors (Lipinski definition) is 1. The number of nitrogens with zero attached hydrogens (tertiary/aromatic N) is 1. The third-order valence-electron chi connectivity index (χ3n) is 2.93. The first-order valence-electron chi connectivity index (χ1n) is 6.51. The molecule has 0 aromatic rings. The van der Waals surface area contributed by atoms with Crippen LogP contribution in [0.5, 0.6) is 0 Å². The minimum atomic E-state index is -0.488. The maximum atomic E-state index is 11.9. The molecule has 1 unspecified atom stereocenters. The molecular formula is C13H24N2O3. The zero-order chi connectivity index (χ0) is 13.8. The number of rotatable bonds is 4. The fourth-order valence-electron chi connectivity index (χ4n) is 2.01. The van der Waals surface area contributed by atoms with E-state index in [0.29, 0.717) is 12.5 Å². The monoisotopic (exact) mass is 256 g/mol. The Hall–Kier alpha value is -1.10. The van der Waals surface area contributed by atoms with Crippen molar-refractivity contribution in [3.8, 4) is 0 Å². The van der Waals surface area contributed by atoms with Gasteiger partial charge in [0, 0.05) is 19.5 Å². The van der Waals surface area contributed by atoms with Crippen molar-refractivity contribution in [1.29, 1.82) is 0 Å². The zero-order valence-corrected chi connectivity index (χ0v) is 11.6. The first kappa shape index (κ1) is 15.0. The van der Waals surface area contributed by atoms with Crippen molar-refractivity contribution in [2.75, 3.05) is 19.6 Å². The predicted molar refractivity (Wildman–Crippen MR) is 68.8 cm³/mol. The number of carbonyl (C=O) groups excluding carboxylic acids is 2. The van der Waals surface area contributed by atoms with E-state index >= 15 is 0 Å². The quantitative estimate of drug-likeness (QED) is 0.759. The van der Waals surface area contributed by atoms with E-state index in [1.807, 2.05) is 20.8 Å². The van der Waals surface area contributed by atoms with Gasteiger partial charge in [-0.25, -0.2) is 0 Å². The van der Waals surface area contributed by atoms with Crippen molar-refractivity contribution in [3.05, 3.63) is 0 Å². The zero-order valence-electron chi connectivity index (χ0n) is 11.6. The minimum Gasteiger partial charge on any atom is -0.460 e. The molecule has 5 heteroatoms. The summed E-state index contributed by atoms with van der Waals surface area (Å²) >= 11 is 0. The second kappa shape index (κ2) is 6.18. The van der Waals surface area contributed by atoms with Gasteiger partial charge in [0.15, 0.2) is 0 Å². The van der Waals surface area contributed by atoms with E-state index < -0.39 is 5.60 Å². The molecule has 0 bridgehead atoms. The summed E-state index contributed by atoms with van der Waals surface area (Å²) in [5.74, 6) is 0.123. The van der Waals surface area contributed by atoms with E-state index in [1.165, 1.54) is 0 Å². The van der Waals surface area contributed by atoms with Gasteiger partial charge in [-0.1, -0.05) is 0 Å². The summed E-state index contributed by atoms with van der Waals surface area (Å²) in [5, 5.41) is 0. The van der Waals surface area contributed by atoms with E-state index in [9.17, 15) is 9.59 Å². The molecule has 1 amide bonds.